The molecule has 0 saturated heterocycles. The van der Waals surface area contributed by atoms with E-state index in [1.165, 1.54) is 6.07 Å². The van der Waals surface area contributed by atoms with Gasteiger partial charge in [-0.1, -0.05) is 13.8 Å². The minimum atomic E-state index is -5.08. The van der Waals surface area contributed by atoms with Gasteiger partial charge in [0.05, 0.1) is 6.04 Å². The Kier molecular flexibility index (Phi) is 6.24. The first-order valence-electron chi connectivity index (χ1n) is 5.35. The zero-order valence-electron chi connectivity index (χ0n) is 10.6. The highest BCUT2D eigenvalue weighted by atomic mass is 19.4. The normalized spacial score (nSPS) is 12.6. The third-order valence-electron chi connectivity index (χ3n) is 2.13. The van der Waals surface area contributed by atoms with Crippen LogP contribution in [0.2, 0.25) is 0 Å². The first-order valence-corrected chi connectivity index (χ1v) is 5.35. The second-order valence-corrected chi connectivity index (χ2v) is 4.08. The number of hydrogen-bond acceptors (Lipinski definition) is 4. The van der Waals surface area contributed by atoms with Crippen LogP contribution in [0.15, 0.2) is 16.5 Å². The molecule has 0 fully saturated rings. The van der Waals surface area contributed by atoms with Crippen LogP contribution in [0.3, 0.4) is 0 Å². The van der Waals surface area contributed by atoms with Crippen molar-refractivity contribution in [1.82, 2.24) is 0 Å². The standard InChI is InChI=1S/C9H13NO3.C2HF3O2/c1-5(2)8(10)6-3-4-7(13-6)9(11)12;3-2(4,5)1(6)7/h3-5,8H,10H2,1-2H3,(H,11,12);(H,6,7)/t8-;/m0./s1. The molecule has 6 nitrogen and oxygen atoms in total. The van der Waals surface area contributed by atoms with Crippen LogP contribution in [0.5, 0.6) is 0 Å². The predicted octanol–water partition coefficient (Wildman–Crippen LogP) is 2.27. The lowest BCUT2D eigenvalue weighted by molar-refractivity contribution is -0.192. The van der Waals surface area contributed by atoms with E-state index in [1.54, 1.807) is 6.07 Å². The third kappa shape index (κ3) is 5.74. The zero-order chi connectivity index (χ0) is 16.1. The van der Waals surface area contributed by atoms with Crippen LogP contribution in [0.4, 0.5) is 13.2 Å². The molecule has 0 bridgehead atoms. The van der Waals surface area contributed by atoms with Gasteiger partial charge in [-0.3, -0.25) is 0 Å². The first-order chi connectivity index (χ1) is 8.96. The maximum atomic E-state index is 10.6. The average molecular weight is 297 g/mol. The van der Waals surface area contributed by atoms with E-state index in [-0.39, 0.29) is 17.7 Å². The molecule has 0 aliphatic heterocycles. The number of aromatic carboxylic acids is 1. The van der Waals surface area contributed by atoms with Gasteiger partial charge in [0.15, 0.2) is 0 Å². The summed E-state index contributed by atoms with van der Waals surface area (Å²) < 4.78 is 36.8. The molecule has 0 aliphatic carbocycles. The molecule has 0 aromatic carbocycles. The van der Waals surface area contributed by atoms with Gasteiger partial charge in [0.25, 0.3) is 0 Å². The molecule has 0 amide bonds. The highest BCUT2D eigenvalue weighted by Gasteiger charge is 2.38. The van der Waals surface area contributed by atoms with Gasteiger partial charge in [0, 0.05) is 0 Å². The lowest BCUT2D eigenvalue weighted by atomic mass is 10.0. The largest absolute Gasteiger partial charge is 0.490 e. The van der Waals surface area contributed by atoms with E-state index in [4.69, 9.17) is 25.2 Å². The quantitative estimate of drug-likeness (QED) is 0.788. The molecule has 1 heterocycles. The molecule has 1 aromatic rings. The number of rotatable bonds is 3. The Balaban J connectivity index is 0.000000441. The molecule has 0 unspecified atom stereocenters. The SMILES string of the molecule is CC(C)[C@H](N)c1ccc(C(=O)O)o1.O=C(O)C(F)(F)F. The zero-order valence-corrected chi connectivity index (χ0v) is 10.6. The van der Waals surface area contributed by atoms with Gasteiger partial charge in [0.2, 0.25) is 5.76 Å². The minimum absolute atomic E-state index is 0.0638. The monoisotopic (exact) mass is 297 g/mol. The van der Waals surface area contributed by atoms with Crippen molar-refractivity contribution in [3.8, 4) is 0 Å². The maximum absolute atomic E-state index is 10.6. The molecule has 20 heavy (non-hydrogen) atoms. The maximum Gasteiger partial charge on any atom is 0.490 e. The van der Waals surface area contributed by atoms with Crippen LogP contribution in [0.25, 0.3) is 0 Å². The molecule has 0 aliphatic rings. The lowest BCUT2D eigenvalue weighted by Crippen LogP contribution is -2.21. The Morgan fingerprint density at radius 1 is 1.25 bits per heavy atom. The smallest absolute Gasteiger partial charge is 0.475 e. The van der Waals surface area contributed by atoms with Crippen molar-refractivity contribution in [1.29, 1.82) is 0 Å². The van der Waals surface area contributed by atoms with Gasteiger partial charge in [-0.2, -0.15) is 13.2 Å². The summed E-state index contributed by atoms with van der Waals surface area (Å²) in [6.07, 6.45) is -5.08. The van der Waals surface area contributed by atoms with E-state index in [2.05, 4.69) is 0 Å². The third-order valence-corrected chi connectivity index (χ3v) is 2.13. The summed E-state index contributed by atoms with van der Waals surface area (Å²) in [4.78, 5) is 19.4. The van der Waals surface area contributed by atoms with Gasteiger partial charge in [-0.05, 0) is 18.1 Å². The number of carboxylic acids is 2. The summed E-state index contributed by atoms with van der Waals surface area (Å²) >= 11 is 0. The van der Waals surface area contributed by atoms with E-state index in [0.29, 0.717) is 5.76 Å². The molecule has 114 valence electrons. The Labute approximate surface area is 112 Å². The predicted molar refractivity (Wildman–Crippen MR) is 61.1 cm³/mol. The molecule has 0 spiro atoms. The van der Waals surface area contributed by atoms with Crippen molar-refractivity contribution in [2.45, 2.75) is 26.1 Å². The Hall–Kier alpha value is -2.03. The number of halogens is 3. The van der Waals surface area contributed by atoms with Crippen molar-refractivity contribution >= 4 is 11.9 Å². The number of hydrogen-bond donors (Lipinski definition) is 3. The summed E-state index contributed by atoms with van der Waals surface area (Å²) in [7, 11) is 0. The fraction of sp³-hybridized carbons (Fsp3) is 0.455. The Morgan fingerprint density at radius 3 is 1.95 bits per heavy atom. The van der Waals surface area contributed by atoms with E-state index in [9.17, 15) is 18.0 Å². The number of carbonyl (C=O) groups is 2. The number of nitrogens with two attached hydrogens (primary N) is 1. The molecule has 1 aromatic heterocycles. The van der Waals surface area contributed by atoms with E-state index in [0.717, 1.165) is 0 Å². The number of furan rings is 1. The molecular formula is C11H14F3NO5. The molecule has 0 saturated carbocycles. The van der Waals surface area contributed by atoms with Crippen molar-refractivity contribution in [2.24, 2.45) is 11.7 Å². The van der Waals surface area contributed by atoms with Crippen LogP contribution >= 0.6 is 0 Å². The summed E-state index contributed by atoms with van der Waals surface area (Å²) in [5, 5.41) is 15.7. The fourth-order valence-electron chi connectivity index (χ4n) is 0.975. The highest BCUT2D eigenvalue weighted by molar-refractivity contribution is 5.84. The Morgan fingerprint density at radius 2 is 1.70 bits per heavy atom. The highest BCUT2D eigenvalue weighted by Crippen LogP contribution is 2.20. The molecular weight excluding hydrogens is 283 g/mol. The molecule has 4 N–H and O–H groups in total. The second kappa shape index (κ2) is 6.94. The Bertz CT molecular complexity index is 467. The van der Waals surface area contributed by atoms with Crippen LogP contribution in [-0.4, -0.2) is 28.3 Å². The molecule has 1 atom stereocenters. The fourth-order valence-corrected chi connectivity index (χ4v) is 0.975. The number of aliphatic carboxylic acids is 1. The second-order valence-electron chi connectivity index (χ2n) is 4.08. The van der Waals surface area contributed by atoms with Crippen molar-refractivity contribution in [3.05, 3.63) is 23.7 Å². The number of carboxylic acid groups (broad SMARTS) is 2. The van der Waals surface area contributed by atoms with Gasteiger partial charge < -0.3 is 20.4 Å². The van der Waals surface area contributed by atoms with Crippen LogP contribution in [-0.2, 0) is 4.79 Å². The van der Waals surface area contributed by atoms with Crippen molar-refractivity contribution < 1.29 is 37.4 Å². The van der Waals surface area contributed by atoms with Gasteiger partial charge in [-0.15, -0.1) is 0 Å². The number of alkyl halides is 3. The van der Waals surface area contributed by atoms with Gasteiger partial charge >= 0.3 is 18.1 Å². The van der Waals surface area contributed by atoms with Crippen LogP contribution in [0, 0.1) is 5.92 Å². The van der Waals surface area contributed by atoms with Gasteiger partial charge in [-0.25, -0.2) is 9.59 Å². The van der Waals surface area contributed by atoms with Gasteiger partial charge in [0.1, 0.15) is 5.76 Å². The molecule has 1 rings (SSSR count). The minimum Gasteiger partial charge on any atom is -0.475 e. The van der Waals surface area contributed by atoms with E-state index < -0.39 is 18.1 Å². The first kappa shape index (κ1) is 18.0. The lowest BCUT2D eigenvalue weighted by Gasteiger charge is -2.11. The van der Waals surface area contributed by atoms with E-state index in [1.807, 2.05) is 13.8 Å². The van der Waals surface area contributed by atoms with E-state index >= 15 is 0 Å². The average Bonchev–Trinajstić information content (AvgIpc) is 2.76. The molecule has 0 radical (unpaired) electrons. The summed E-state index contributed by atoms with van der Waals surface area (Å²) in [6, 6.07) is 2.78. The van der Waals surface area contributed by atoms with Crippen LogP contribution < -0.4 is 5.73 Å². The summed E-state index contributed by atoms with van der Waals surface area (Å²) in [6.45, 7) is 3.90. The summed E-state index contributed by atoms with van der Waals surface area (Å²) in [5.74, 6) is -3.14. The topological polar surface area (TPSA) is 114 Å². The van der Waals surface area contributed by atoms with Crippen molar-refractivity contribution in [2.75, 3.05) is 0 Å². The van der Waals surface area contributed by atoms with Crippen molar-refractivity contribution in [3.63, 3.8) is 0 Å². The summed E-state index contributed by atoms with van der Waals surface area (Å²) in [5.41, 5.74) is 5.76. The molecule has 9 heteroatoms. The van der Waals surface area contributed by atoms with Crippen LogP contribution in [0.1, 0.15) is 36.2 Å².